The molecule has 0 saturated carbocycles. The van der Waals surface area contributed by atoms with Gasteiger partial charge in [-0.2, -0.15) is 0 Å². The zero-order chi connectivity index (χ0) is 45.8. The Labute approximate surface area is 361 Å². The number of phenols is 2. The van der Waals surface area contributed by atoms with Gasteiger partial charge in [0, 0.05) is 79.9 Å². The van der Waals surface area contributed by atoms with Crippen LogP contribution in [0, 0.1) is 41.7 Å². The summed E-state index contributed by atoms with van der Waals surface area (Å²) in [6.07, 6.45) is 4.26. The lowest BCUT2D eigenvalue weighted by atomic mass is 9.78. The molecular formula is C46H62N4O12. The molecule has 338 valence electrons. The summed E-state index contributed by atoms with van der Waals surface area (Å²) in [4.78, 5) is 51.1. The highest BCUT2D eigenvalue weighted by atomic mass is 16.7. The monoisotopic (exact) mass is 862 g/mol. The first-order valence-corrected chi connectivity index (χ1v) is 21.4. The van der Waals surface area contributed by atoms with Crippen molar-refractivity contribution in [2.45, 2.75) is 118 Å². The predicted molar refractivity (Wildman–Crippen MR) is 229 cm³/mol. The first-order valence-electron chi connectivity index (χ1n) is 21.4. The SMILES string of the molecule is COC1/C=C\OC2(C)Oc3c(C)c(O)c4c(O)c(c5c(c4c3C2=O)=NC2(CC[N+]([O-])(CC(C)C)CC2)N=5)NC(=O)/C(C)=C/C=C\C(C)C(O)C(C)C(O)C(C)C(OC(C)=O)C1C. The van der Waals surface area contributed by atoms with Gasteiger partial charge in [-0.05, 0) is 19.9 Å². The summed E-state index contributed by atoms with van der Waals surface area (Å²) >= 11 is 0. The summed E-state index contributed by atoms with van der Waals surface area (Å²) in [5, 5.41) is 63.5. The third kappa shape index (κ3) is 8.47. The van der Waals surface area contributed by atoms with Crippen LogP contribution >= 0.6 is 0 Å². The van der Waals surface area contributed by atoms with Crippen LogP contribution in [0.2, 0.25) is 0 Å². The number of methoxy groups -OCH3 is 1. The number of Topliss-reactive ketones (excluding diaryl/α,β-unsaturated/α-hetero) is 1. The number of quaternary nitrogens is 1. The molecule has 0 aliphatic carbocycles. The van der Waals surface area contributed by atoms with Crippen LogP contribution in [0.15, 0.2) is 46.1 Å². The molecule has 1 saturated heterocycles. The number of nitrogens with one attached hydrogen (secondary N) is 1. The number of esters is 1. The van der Waals surface area contributed by atoms with Gasteiger partial charge in [-0.1, -0.05) is 59.8 Å². The van der Waals surface area contributed by atoms with E-state index in [0.717, 1.165) is 0 Å². The Morgan fingerprint density at radius 3 is 2.24 bits per heavy atom. The van der Waals surface area contributed by atoms with E-state index in [0.29, 0.717) is 6.54 Å². The molecule has 16 nitrogen and oxygen atoms in total. The Morgan fingerprint density at radius 2 is 1.63 bits per heavy atom. The summed E-state index contributed by atoms with van der Waals surface area (Å²) in [5.41, 5.74) is -0.980. The molecule has 6 rings (SSSR count). The van der Waals surface area contributed by atoms with Crippen LogP contribution in [0.3, 0.4) is 0 Å². The molecule has 0 aromatic heterocycles. The minimum absolute atomic E-state index is 0.00253. The Morgan fingerprint density at radius 1 is 0.984 bits per heavy atom. The number of allylic oxidation sites excluding steroid dienone is 2. The second kappa shape index (κ2) is 17.4. The van der Waals surface area contributed by atoms with Crippen molar-refractivity contribution in [3.8, 4) is 17.2 Å². The second-order valence-electron chi connectivity index (χ2n) is 18.3. The first kappa shape index (κ1) is 46.6. The van der Waals surface area contributed by atoms with E-state index in [1.165, 1.54) is 46.3 Å². The quantitative estimate of drug-likeness (QED) is 0.121. The van der Waals surface area contributed by atoms with E-state index < -0.39 is 93.3 Å². The molecule has 1 amide bonds. The number of aliphatic hydroxyl groups is 2. The maximum atomic E-state index is 14.7. The normalized spacial score (nSPS) is 36.0. The highest BCUT2D eigenvalue weighted by molar-refractivity contribution is 6.19. The Kier molecular flexibility index (Phi) is 13.1. The number of hydroxylamine groups is 3. The molecule has 9 atom stereocenters. The summed E-state index contributed by atoms with van der Waals surface area (Å²) in [6, 6.07) is 0. The van der Waals surface area contributed by atoms with Crippen LogP contribution in [-0.2, 0) is 23.8 Å². The number of piperidine rings is 1. The maximum Gasteiger partial charge on any atom is 0.312 e. The third-order valence-electron chi connectivity index (χ3n) is 13.1. The number of anilines is 1. The molecule has 9 unspecified atom stereocenters. The number of hydrogen-bond donors (Lipinski definition) is 5. The van der Waals surface area contributed by atoms with Crippen LogP contribution in [0.4, 0.5) is 5.69 Å². The number of ketones is 1. The fourth-order valence-electron chi connectivity index (χ4n) is 9.44. The average Bonchev–Trinajstić information content (AvgIpc) is 3.72. The number of fused-ring (bicyclic) bond motifs is 1. The van der Waals surface area contributed by atoms with Gasteiger partial charge in [0.15, 0.2) is 11.4 Å². The Balaban J connectivity index is 1.55. The summed E-state index contributed by atoms with van der Waals surface area (Å²) in [6.45, 7) is 17.6. The maximum absolute atomic E-state index is 14.7. The van der Waals surface area contributed by atoms with Crippen molar-refractivity contribution in [3.05, 3.63) is 63.2 Å². The number of ether oxygens (including phenoxy) is 4. The fourth-order valence-corrected chi connectivity index (χ4v) is 9.44. The highest BCUT2D eigenvalue weighted by Gasteiger charge is 2.50. The molecule has 2 aromatic rings. The lowest BCUT2D eigenvalue weighted by molar-refractivity contribution is -0.889. The number of aliphatic hydroxyl groups excluding tert-OH is 2. The molecule has 62 heavy (non-hydrogen) atoms. The van der Waals surface area contributed by atoms with Crippen molar-refractivity contribution in [1.82, 2.24) is 0 Å². The van der Waals surface area contributed by atoms with Gasteiger partial charge in [0.05, 0.1) is 60.5 Å². The molecule has 4 bridgehead atoms. The van der Waals surface area contributed by atoms with Crippen molar-refractivity contribution < 1.29 is 58.4 Å². The zero-order valence-corrected chi connectivity index (χ0v) is 37.5. The number of nitrogens with zero attached hydrogens (tertiary/aromatic N) is 3. The minimum Gasteiger partial charge on any atom is -0.633 e. The molecule has 4 aliphatic rings. The van der Waals surface area contributed by atoms with Crippen molar-refractivity contribution in [2.24, 2.45) is 39.6 Å². The summed E-state index contributed by atoms with van der Waals surface area (Å²) in [5.74, 6) is -7.12. The minimum atomic E-state index is -2.00. The topological polar surface area (TPSA) is 229 Å². The highest BCUT2D eigenvalue weighted by Crippen LogP contribution is 2.50. The van der Waals surface area contributed by atoms with Crippen molar-refractivity contribution >= 4 is 34.1 Å². The van der Waals surface area contributed by atoms with Crippen molar-refractivity contribution in [3.63, 3.8) is 0 Å². The van der Waals surface area contributed by atoms with Crippen LogP contribution in [-0.4, -0.2) is 105 Å². The van der Waals surface area contributed by atoms with Gasteiger partial charge in [0.25, 0.3) is 11.7 Å². The lowest BCUT2D eigenvalue weighted by Crippen LogP contribution is -2.54. The predicted octanol–water partition coefficient (Wildman–Crippen LogP) is 4.76. The summed E-state index contributed by atoms with van der Waals surface area (Å²) < 4.78 is 23.5. The second-order valence-corrected chi connectivity index (χ2v) is 18.3. The zero-order valence-electron chi connectivity index (χ0n) is 37.5. The van der Waals surface area contributed by atoms with E-state index in [9.17, 15) is 40.0 Å². The van der Waals surface area contributed by atoms with E-state index in [1.807, 2.05) is 13.8 Å². The van der Waals surface area contributed by atoms with Gasteiger partial charge < -0.3 is 54.5 Å². The molecule has 1 fully saturated rings. The number of carbonyl (C=O) groups is 3. The smallest absolute Gasteiger partial charge is 0.312 e. The first-order chi connectivity index (χ1) is 29.0. The number of phenolic OH excluding ortho intramolecular Hbond substituents is 2. The van der Waals surface area contributed by atoms with Crippen LogP contribution in [0.1, 0.15) is 91.1 Å². The molecule has 1 spiro atoms. The molecule has 16 heteroatoms. The lowest BCUT2D eigenvalue weighted by Gasteiger charge is -2.49. The molecule has 0 radical (unpaired) electrons. The number of benzene rings is 2. The van der Waals surface area contributed by atoms with E-state index in [4.69, 9.17) is 28.9 Å². The van der Waals surface area contributed by atoms with Gasteiger partial charge in [-0.3, -0.25) is 24.4 Å². The van der Waals surface area contributed by atoms with Gasteiger partial charge in [-0.25, -0.2) is 0 Å². The standard InChI is InChI=1S/C46H62N4O12/c1-22(2)21-50(58)18-16-46(17-19-50)48-34-31-32-39(54)28(8)42-33(31)43(56)45(10,62-42)60-20-15-30(59-11)25(5)41(61-29(9)51)27(7)38(53)26(6)37(52)23(3)13-12-14-24(4)44(57)47-36(40(32)55)35(34)49-46/h12-15,20,22-23,25-27,30,37-38,41,52-55H,16-19,21H2,1-11H3,(H,47,57)/b13-12-,20-15-,24-14+. The number of rotatable bonds is 4. The van der Waals surface area contributed by atoms with Crippen LogP contribution in [0.25, 0.3) is 10.8 Å². The molecule has 4 aliphatic heterocycles. The number of hydrogen-bond acceptors (Lipinski definition) is 14. The molecular weight excluding hydrogens is 801 g/mol. The van der Waals surface area contributed by atoms with Gasteiger partial charge in [0.1, 0.15) is 28.6 Å². The van der Waals surface area contributed by atoms with Crippen LogP contribution in [0.5, 0.6) is 17.2 Å². The van der Waals surface area contributed by atoms with Gasteiger partial charge in [-0.15, -0.1) is 0 Å². The van der Waals surface area contributed by atoms with E-state index in [-0.39, 0.29) is 81.5 Å². The third-order valence-corrected chi connectivity index (χ3v) is 13.1. The van der Waals surface area contributed by atoms with E-state index >= 15 is 0 Å². The van der Waals surface area contributed by atoms with E-state index in [2.05, 4.69) is 5.32 Å². The number of likely N-dealkylation sites (tertiary alicyclic amines) is 1. The average molecular weight is 863 g/mol. The number of aromatic hydroxyl groups is 2. The number of carbonyl (C=O) groups excluding carboxylic acids is 3. The number of amides is 1. The van der Waals surface area contributed by atoms with Crippen molar-refractivity contribution in [2.75, 3.05) is 32.1 Å². The molecule has 5 N–H and O–H groups in total. The Bertz CT molecular complexity index is 2350. The largest absolute Gasteiger partial charge is 0.633 e. The Hall–Kier alpha value is -4.87. The fraction of sp³-hybridized carbons (Fsp3) is 0.587. The van der Waals surface area contributed by atoms with Gasteiger partial charge >= 0.3 is 11.8 Å². The van der Waals surface area contributed by atoms with Crippen LogP contribution < -0.4 is 20.8 Å². The summed E-state index contributed by atoms with van der Waals surface area (Å²) in [7, 11) is 1.45. The molecule has 4 heterocycles. The van der Waals surface area contributed by atoms with Gasteiger partial charge in [0.2, 0.25) is 0 Å². The van der Waals surface area contributed by atoms with Crippen molar-refractivity contribution in [1.29, 1.82) is 0 Å². The van der Waals surface area contributed by atoms with E-state index in [1.54, 1.807) is 46.8 Å². The molecule has 2 aromatic carbocycles.